The standard InChI is InChI=1S/C18H25NO4S/c1-6-11-15(14-12-9-8-10-13-14)16(17(20)23-7-2)19-24(21,22)18(3,4)5/h6,8-13,16,19H,1,7H2,2-5H3/b15-11+/t16-/m0/s1. The molecule has 0 radical (unpaired) electrons. The maximum Gasteiger partial charge on any atom is 0.328 e. The van der Waals surface area contributed by atoms with Gasteiger partial charge in [0.05, 0.1) is 11.4 Å². The molecule has 0 unspecified atom stereocenters. The van der Waals surface area contributed by atoms with E-state index in [-0.39, 0.29) is 6.61 Å². The van der Waals surface area contributed by atoms with Crippen LogP contribution in [-0.2, 0) is 19.6 Å². The summed E-state index contributed by atoms with van der Waals surface area (Å²) in [5.74, 6) is -0.651. The van der Waals surface area contributed by atoms with Crippen LogP contribution in [0.1, 0.15) is 33.3 Å². The maximum atomic E-state index is 12.5. The smallest absolute Gasteiger partial charge is 0.328 e. The monoisotopic (exact) mass is 351 g/mol. The topological polar surface area (TPSA) is 72.5 Å². The van der Waals surface area contributed by atoms with Gasteiger partial charge in [-0.3, -0.25) is 0 Å². The van der Waals surface area contributed by atoms with Gasteiger partial charge in [-0.25, -0.2) is 13.2 Å². The molecule has 0 saturated carbocycles. The third kappa shape index (κ3) is 5.04. The summed E-state index contributed by atoms with van der Waals surface area (Å²) in [6, 6.07) is 7.92. The van der Waals surface area contributed by atoms with Crippen LogP contribution in [0.15, 0.2) is 49.1 Å². The number of ether oxygens (including phenoxy) is 1. The fraction of sp³-hybridized carbons (Fsp3) is 0.389. The third-order valence-corrected chi connectivity index (χ3v) is 5.48. The zero-order valence-electron chi connectivity index (χ0n) is 14.6. The number of benzene rings is 1. The Balaban J connectivity index is 3.38. The minimum atomic E-state index is -3.76. The second-order valence-electron chi connectivity index (χ2n) is 6.14. The third-order valence-electron chi connectivity index (χ3n) is 3.32. The van der Waals surface area contributed by atoms with E-state index in [1.807, 2.05) is 18.2 Å². The summed E-state index contributed by atoms with van der Waals surface area (Å²) in [7, 11) is -3.76. The van der Waals surface area contributed by atoms with Gasteiger partial charge in [0.2, 0.25) is 10.0 Å². The molecule has 1 aromatic rings. The largest absolute Gasteiger partial charge is 0.465 e. The van der Waals surface area contributed by atoms with Crippen LogP contribution >= 0.6 is 0 Å². The normalized spacial score (nSPS) is 14.1. The lowest BCUT2D eigenvalue weighted by Crippen LogP contribution is -2.49. The Labute approximate surface area is 144 Å². The fourth-order valence-corrected chi connectivity index (χ4v) is 2.80. The predicted molar refractivity (Wildman–Crippen MR) is 96.8 cm³/mol. The second-order valence-corrected chi connectivity index (χ2v) is 8.61. The Kier molecular flexibility index (Phi) is 6.93. The number of sulfonamides is 1. The van der Waals surface area contributed by atoms with E-state index in [0.717, 1.165) is 0 Å². The Hall–Kier alpha value is -1.92. The molecule has 0 fully saturated rings. The first-order valence-corrected chi connectivity index (χ1v) is 9.19. The highest BCUT2D eigenvalue weighted by Crippen LogP contribution is 2.23. The number of rotatable bonds is 7. The Morgan fingerprint density at radius 3 is 2.33 bits per heavy atom. The number of carbonyl (C=O) groups excluding carboxylic acids is 1. The molecule has 0 spiro atoms. The van der Waals surface area contributed by atoms with Crippen LogP contribution in [0.25, 0.3) is 5.57 Å². The van der Waals surface area contributed by atoms with E-state index in [9.17, 15) is 13.2 Å². The summed E-state index contributed by atoms with van der Waals surface area (Å²) < 4.78 is 31.6. The van der Waals surface area contributed by atoms with Crippen LogP contribution in [0.5, 0.6) is 0 Å². The number of nitrogens with one attached hydrogen (secondary N) is 1. The highest BCUT2D eigenvalue weighted by atomic mass is 32.2. The molecule has 5 nitrogen and oxygen atoms in total. The number of esters is 1. The predicted octanol–water partition coefficient (Wildman–Crippen LogP) is 2.91. The highest BCUT2D eigenvalue weighted by molar-refractivity contribution is 7.90. The molecule has 6 heteroatoms. The molecule has 0 amide bonds. The molecule has 0 aliphatic rings. The molecule has 0 aliphatic carbocycles. The summed E-state index contributed by atoms with van der Waals surface area (Å²) >= 11 is 0. The van der Waals surface area contributed by atoms with Crippen molar-refractivity contribution in [3.05, 3.63) is 54.6 Å². The summed E-state index contributed by atoms with van der Waals surface area (Å²) in [6.07, 6.45) is 3.13. The molecule has 1 rings (SSSR count). The van der Waals surface area contributed by atoms with E-state index in [1.165, 1.54) is 6.08 Å². The molecule has 24 heavy (non-hydrogen) atoms. The van der Waals surface area contributed by atoms with Crippen molar-refractivity contribution in [2.45, 2.75) is 38.5 Å². The van der Waals surface area contributed by atoms with Gasteiger partial charge in [-0.05, 0) is 38.8 Å². The van der Waals surface area contributed by atoms with Gasteiger partial charge < -0.3 is 4.74 Å². The van der Waals surface area contributed by atoms with E-state index < -0.39 is 26.8 Å². The number of hydrogen-bond donors (Lipinski definition) is 1. The lowest BCUT2D eigenvalue weighted by Gasteiger charge is -2.26. The maximum absolute atomic E-state index is 12.5. The molecular formula is C18H25NO4S. The van der Waals surface area contributed by atoms with Crippen LogP contribution in [-0.4, -0.2) is 31.8 Å². The molecule has 0 bridgehead atoms. The summed E-state index contributed by atoms with van der Waals surface area (Å²) in [6.45, 7) is 10.2. The molecule has 0 aromatic heterocycles. The number of allylic oxidation sites excluding steroid dienone is 2. The lowest BCUT2D eigenvalue weighted by molar-refractivity contribution is -0.143. The zero-order valence-corrected chi connectivity index (χ0v) is 15.4. The van der Waals surface area contributed by atoms with Gasteiger partial charge in [-0.1, -0.05) is 49.1 Å². The molecule has 132 valence electrons. The van der Waals surface area contributed by atoms with E-state index >= 15 is 0 Å². The van der Waals surface area contributed by atoms with Crippen molar-refractivity contribution in [2.24, 2.45) is 0 Å². The van der Waals surface area contributed by atoms with Crippen molar-refractivity contribution in [1.82, 2.24) is 4.72 Å². The Morgan fingerprint density at radius 1 is 1.29 bits per heavy atom. The first-order chi connectivity index (χ1) is 11.1. The van der Waals surface area contributed by atoms with Crippen molar-refractivity contribution in [1.29, 1.82) is 0 Å². The van der Waals surface area contributed by atoms with Crippen LogP contribution < -0.4 is 4.72 Å². The molecule has 0 aliphatic heterocycles. The van der Waals surface area contributed by atoms with Crippen molar-refractivity contribution in [3.63, 3.8) is 0 Å². The minimum Gasteiger partial charge on any atom is -0.465 e. The van der Waals surface area contributed by atoms with Crippen LogP contribution in [0.2, 0.25) is 0 Å². The fourth-order valence-electron chi connectivity index (χ4n) is 1.91. The Morgan fingerprint density at radius 2 is 1.88 bits per heavy atom. The van der Waals surface area contributed by atoms with Gasteiger partial charge in [0, 0.05) is 0 Å². The molecule has 1 N–H and O–H groups in total. The Bertz CT molecular complexity index is 700. The van der Waals surface area contributed by atoms with Gasteiger partial charge in [0.25, 0.3) is 0 Å². The minimum absolute atomic E-state index is 0.155. The molecule has 1 atom stereocenters. The van der Waals surface area contributed by atoms with Crippen LogP contribution in [0.3, 0.4) is 0 Å². The lowest BCUT2D eigenvalue weighted by atomic mass is 9.98. The van der Waals surface area contributed by atoms with Gasteiger partial charge in [0.1, 0.15) is 6.04 Å². The van der Waals surface area contributed by atoms with Gasteiger partial charge in [0.15, 0.2) is 0 Å². The van der Waals surface area contributed by atoms with Crippen molar-refractivity contribution >= 4 is 21.6 Å². The van der Waals surface area contributed by atoms with Crippen molar-refractivity contribution in [2.75, 3.05) is 6.61 Å². The van der Waals surface area contributed by atoms with Crippen LogP contribution in [0, 0.1) is 0 Å². The molecule has 0 heterocycles. The number of hydrogen-bond acceptors (Lipinski definition) is 4. The van der Waals surface area contributed by atoms with Gasteiger partial charge >= 0.3 is 5.97 Å². The van der Waals surface area contributed by atoms with E-state index in [4.69, 9.17) is 4.74 Å². The first kappa shape index (κ1) is 20.1. The zero-order chi connectivity index (χ0) is 18.4. The second kappa shape index (κ2) is 8.26. The molecular weight excluding hydrogens is 326 g/mol. The number of carbonyl (C=O) groups is 1. The quantitative estimate of drug-likeness (QED) is 0.605. The average Bonchev–Trinajstić information content (AvgIpc) is 2.50. The summed E-state index contributed by atoms with van der Waals surface area (Å²) in [4.78, 5) is 12.4. The highest BCUT2D eigenvalue weighted by Gasteiger charge is 2.36. The van der Waals surface area contributed by atoms with Crippen molar-refractivity contribution < 1.29 is 17.9 Å². The molecule has 0 saturated heterocycles. The van der Waals surface area contributed by atoms with Gasteiger partial charge in [-0.15, -0.1) is 0 Å². The van der Waals surface area contributed by atoms with Gasteiger partial charge in [-0.2, -0.15) is 4.72 Å². The SMILES string of the molecule is C=C/C=C(\c1ccccc1)[C@H](NS(=O)(=O)C(C)(C)C)C(=O)OCC. The summed E-state index contributed by atoms with van der Waals surface area (Å²) in [5, 5.41) is 0. The van der Waals surface area contributed by atoms with Crippen molar-refractivity contribution in [3.8, 4) is 0 Å². The average molecular weight is 351 g/mol. The van der Waals surface area contributed by atoms with E-state index in [0.29, 0.717) is 11.1 Å². The summed E-state index contributed by atoms with van der Waals surface area (Å²) in [5.41, 5.74) is 1.20. The van der Waals surface area contributed by atoms with E-state index in [2.05, 4.69) is 11.3 Å². The molecule has 1 aromatic carbocycles. The van der Waals surface area contributed by atoms with Crippen LogP contribution in [0.4, 0.5) is 0 Å². The van der Waals surface area contributed by atoms with E-state index in [1.54, 1.807) is 45.9 Å². The first-order valence-electron chi connectivity index (χ1n) is 7.70.